The zero-order chi connectivity index (χ0) is 24.5. The number of ether oxygens (including phenoxy) is 1. The van der Waals surface area contributed by atoms with Gasteiger partial charge in [0.15, 0.2) is 5.65 Å². The quantitative estimate of drug-likeness (QED) is 0.373. The average molecular weight is 504 g/mol. The fourth-order valence-electron chi connectivity index (χ4n) is 5.06. The summed E-state index contributed by atoms with van der Waals surface area (Å²) in [6.07, 6.45) is 5.98. The number of nitrogens with zero attached hydrogens (tertiary/aromatic N) is 5. The molecule has 7 heterocycles. The van der Waals surface area contributed by atoms with Crippen molar-refractivity contribution in [2.24, 2.45) is 5.92 Å². The third kappa shape index (κ3) is 4.59. The fourth-order valence-corrected chi connectivity index (χ4v) is 5.76. The molecule has 0 spiro atoms. The maximum atomic E-state index is 13.7. The summed E-state index contributed by atoms with van der Waals surface area (Å²) >= 11 is 1.65. The van der Waals surface area contributed by atoms with Gasteiger partial charge in [0.25, 0.3) is 5.91 Å². The Bertz CT molecular complexity index is 1350. The zero-order valence-electron chi connectivity index (χ0n) is 20.2. The third-order valence-corrected chi connectivity index (χ3v) is 7.82. The highest BCUT2D eigenvalue weighted by molar-refractivity contribution is 7.13. The van der Waals surface area contributed by atoms with E-state index in [1.54, 1.807) is 29.2 Å². The predicted octanol–water partition coefficient (Wildman–Crippen LogP) is 3.40. The molecule has 4 aromatic heterocycles. The van der Waals surface area contributed by atoms with Gasteiger partial charge in [-0.1, -0.05) is 6.07 Å². The van der Waals surface area contributed by atoms with E-state index >= 15 is 0 Å². The summed E-state index contributed by atoms with van der Waals surface area (Å²) in [5.41, 5.74) is 3.67. The van der Waals surface area contributed by atoms with Crippen molar-refractivity contribution in [2.75, 3.05) is 45.2 Å². The van der Waals surface area contributed by atoms with Crippen LogP contribution in [0.5, 0.6) is 0 Å². The third-order valence-electron chi connectivity index (χ3n) is 6.93. The fraction of sp³-hybridized carbons (Fsp3) is 0.385. The van der Waals surface area contributed by atoms with Gasteiger partial charge in [0.05, 0.1) is 34.6 Å². The Morgan fingerprint density at radius 1 is 1.22 bits per heavy atom. The van der Waals surface area contributed by atoms with Gasteiger partial charge in [-0.25, -0.2) is 14.5 Å². The van der Waals surface area contributed by atoms with Crippen molar-refractivity contribution in [1.82, 2.24) is 29.8 Å². The first-order chi connectivity index (χ1) is 17.7. The van der Waals surface area contributed by atoms with Gasteiger partial charge in [-0.05, 0) is 54.9 Å². The Balaban J connectivity index is 1.39. The van der Waals surface area contributed by atoms with Gasteiger partial charge in [0.1, 0.15) is 5.82 Å². The SMILES string of the molecule is COCCNc1cc(C(=O)N2C[C@H]3CC[C@@H](C2)NC3)cc(-c2cnn3ccc(-c4cccs4)nc23)n1. The predicted molar refractivity (Wildman–Crippen MR) is 140 cm³/mol. The molecule has 7 rings (SSSR count). The monoisotopic (exact) mass is 503 g/mol. The molecule has 0 radical (unpaired) electrons. The molecule has 0 aromatic carbocycles. The lowest BCUT2D eigenvalue weighted by Gasteiger charge is -2.23. The van der Waals surface area contributed by atoms with E-state index in [1.165, 1.54) is 6.42 Å². The number of methoxy groups -OCH3 is 1. The number of pyridine rings is 1. The standard InChI is InChI=1S/C26H29N7O2S/c1-35-9-7-27-24-12-18(26(34)32-15-17-4-5-19(16-32)28-13-17)11-22(30-24)20-14-29-33-8-6-21(31-25(20)33)23-3-2-10-36-23/h2-3,6,8,10-12,14,17,19,28H,4-5,7,9,13,15-16H2,1H3,(H,27,30)/t17-,19-/m0/s1. The van der Waals surface area contributed by atoms with Gasteiger partial charge < -0.3 is 20.3 Å². The highest BCUT2D eigenvalue weighted by Gasteiger charge is 2.32. The lowest BCUT2D eigenvalue weighted by Crippen LogP contribution is -2.40. The summed E-state index contributed by atoms with van der Waals surface area (Å²) in [5.74, 6) is 1.18. The molecule has 4 aromatic rings. The Hall–Kier alpha value is -3.34. The van der Waals surface area contributed by atoms with Gasteiger partial charge in [-0.2, -0.15) is 5.10 Å². The Kier molecular flexibility index (Phi) is 6.39. The van der Waals surface area contributed by atoms with Gasteiger partial charge >= 0.3 is 0 Å². The first kappa shape index (κ1) is 23.1. The molecule has 3 saturated heterocycles. The summed E-state index contributed by atoms with van der Waals surface area (Å²) in [6, 6.07) is 10.1. The summed E-state index contributed by atoms with van der Waals surface area (Å²) in [4.78, 5) is 26.6. The molecule has 2 bridgehead atoms. The second kappa shape index (κ2) is 9.96. The molecule has 3 aliphatic heterocycles. The Morgan fingerprint density at radius 3 is 2.97 bits per heavy atom. The molecular weight excluding hydrogens is 474 g/mol. The number of aromatic nitrogens is 4. The van der Waals surface area contributed by atoms with Crippen molar-refractivity contribution in [3.05, 3.63) is 53.7 Å². The Labute approximate surface area is 213 Å². The molecule has 36 heavy (non-hydrogen) atoms. The van der Waals surface area contributed by atoms with Crippen molar-refractivity contribution in [2.45, 2.75) is 18.9 Å². The van der Waals surface area contributed by atoms with Gasteiger partial charge in [0, 0.05) is 44.5 Å². The van der Waals surface area contributed by atoms with E-state index in [1.807, 2.05) is 40.7 Å². The van der Waals surface area contributed by atoms with Crippen molar-refractivity contribution < 1.29 is 9.53 Å². The van der Waals surface area contributed by atoms with E-state index in [-0.39, 0.29) is 5.91 Å². The van der Waals surface area contributed by atoms with Crippen molar-refractivity contribution in [1.29, 1.82) is 0 Å². The lowest BCUT2D eigenvalue weighted by atomic mass is 9.97. The molecule has 3 aliphatic rings. The summed E-state index contributed by atoms with van der Waals surface area (Å²) in [5, 5.41) is 13.4. The number of thiophene rings is 1. The maximum absolute atomic E-state index is 13.7. The number of nitrogens with one attached hydrogen (secondary N) is 2. The number of hydrogen-bond donors (Lipinski definition) is 2. The number of anilines is 1. The minimum absolute atomic E-state index is 0.0396. The number of carbonyl (C=O) groups excluding carboxylic acids is 1. The molecule has 10 heteroatoms. The van der Waals surface area contributed by atoms with Gasteiger partial charge in [-0.15, -0.1) is 11.3 Å². The van der Waals surface area contributed by atoms with Crippen LogP contribution in [0.25, 0.3) is 27.5 Å². The molecule has 2 N–H and O–H groups in total. The zero-order valence-corrected chi connectivity index (χ0v) is 21.0. The van der Waals surface area contributed by atoms with Crippen LogP contribution in [0.15, 0.2) is 48.1 Å². The highest BCUT2D eigenvalue weighted by atomic mass is 32.1. The number of hydrogen-bond acceptors (Lipinski definition) is 8. The summed E-state index contributed by atoms with van der Waals surface area (Å²) in [6.45, 7) is 3.64. The van der Waals surface area contributed by atoms with Crippen LogP contribution in [-0.4, -0.2) is 76.3 Å². The van der Waals surface area contributed by atoms with Crippen molar-refractivity contribution >= 4 is 28.7 Å². The van der Waals surface area contributed by atoms with Crippen LogP contribution in [0.4, 0.5) is 5.82 Å². The average Bonchev–Trinajstić information content (AvgIpc) is 3.50. The number of carbonyl (C=O) groups is 1. The topological polar surface area (TPSA) is 96.7 Å². The smallest absolute Gasteiger partial charge is 0.254 e. The van der Waals surface area contributed by atoms with Crippen LogP contribution < -0.4 is 10.6 Å². The van der Waals surface area contributed by atoms with E-state index in [9.17, 15) is 4.79 Å². The molecule has 3 fully saturated rings. The molecule has 0 aliphatic carbocycles. The number of fused-ring (bicyclic) bond motifs is 5. The van der Waals surface area contributed by atoms with E-state index in [0.717, 1.165) is 42.2 Å². The minimum Gasteiger partial charge on any atom is -0.383 e. The van der Waals surface area contributed by atoms with Crippen LogP contribution >= 0.6 is 11.3 Å². The van der Waals surface area contributed by atoms with Crippen LogP contribution in [0.2, 0.25) is 0 Å². The first-order valence-electron chi connectivity index (χ1n) is 12.3. The molecule has 2 atom stereocenters. The maximum Gasteiger partial charge on any atom is 0.254 e. The van der Waals surface area contributed by atoms with E-state index < -0.39 is 0 Å². The van der Waals surface area contributed by atoms with Crippen LogP contribution in [0.3, 0.4) is 0 Å². The highest BCUT2D eigenvalue weighted by Crippen LogP contribution is 2.29. The van der Waals surface area contributed by atoms with Crippen LogP contribution in [-0.2, 0) is 4.74 Å². The normalized spacial score (nSPS) is 19.5. The van der Waals surface area contributed by atoms with Crippen LogP contribution in [0, 0.1) is 5.92 Å². The second-order valence-corrected chi connectivity index (χ2v) is 10.4. The van der Waals surface area contributed by atoms with Gasteiger partial charge in [-0.3, -0.25) is 4.79 Å². The van der Waals surface area contributed by atoms with E-state index in [4.69, 9.17) is 14.7 Å². The lowest BCUT2D eigenvalue weighted by molar-refractivity contribution is 0.0748. The van der Waals surface area contributed by atoms with Crippen molar-refractivity contribution in [3.63, 3.8) is 0 Å². The molecule has 0 saturated carbocycles. The van der Waals surface area contributed by atoms with Gasteiger partial charge in [0.2, 0.25) is 0 Å². The number of rotatable bonds is 7. The van der Waals surface area contributed by atoms with Crippen LogP contribution in [0.1, 0.15) is 23.2 Å². The minimum atomic E-state index is 0.0396. The Morgan fingerprint density at radius 2 is 2.17 bits per heavy atom. The van der Waals surface area contributed by atoms with Crippen molar-refractivity contribution in [3.8, 4) is 21.8 Å². The molecule has 186 valence electrons. The molecular formula is C26H29N7O2S. The summed E-state index contributed by atoms with van der Waals surface area (Å²) in [7, 11) is 1.66. The van der Waals surface area contributed by atoms with E-state index in [0.29, 0.717) is 47.8 Å². The second-order valence-electron chi connectivity index (χ2n) is 9.42. The number of amides is 1. The molecule has 9 nitrogen and oxygen atoms in total. The van der Waals surface area contributed by atoms with E-state index in [2.05, 4.69) is 21.8 Å². The molecule has 0 unspecified atom stereocenters. The largest absolute Gasteiger partial charge is 0.383 e. The number of piperidine rings is 1. The molecule has 1 amide bonds. The summed E-state index contributed by atoms with van der Waals surface area (Å²) < 4.78 is 6.94. The first-order valence-corrected chi connectivity index (χ1v) is 13.2.